The lowest BCUT2D eigenvalue weighted by Crippen LogP contribution is -2.71. The van der Waals surface area contributed by atoms with Gasteiger partial charge in [0.2, 0.25) is 0 Å². The van der Waals surface area contributed by atoms with Gasteiger partial charge < -0.3 is 14.9 Å². The van der Waals surface area contributed by atoms with Gasteiger partial charge >= 0.3 is 0 Å². The predicted molar refractivity (Wildman–Crippen MR) is 91.9 cm³/mol. The Hall–Kier alpha value is -1.59. The first kappa shape index (κ1) is 15.6. The number of aromatic hydroxyl groups is 1. The maximum absolute atomic E-state index is 12.6. The fourth-order valence-electron chi connectivity index (χ4n) is 5.62. The number of aliphatic hydroxyl groups is 1. The van der Waals surface area contributed by atoms with Crippen molar-refractivity contribution in [2.75, 3.05) is 13.6 Å². The molecule has 2 saturated carbocycles. The molecule has 5 nitrogen and oxygen atoms in total. The Morgan fingerprint density at radius 3 is 2.84 bits per heavy atom. The molecule has 0 bridgehead atoms. The van der Waals surface area contributed by atoms with Crippen LogP contribution in [0.15, 0.2) is 12.1 Å². The molecule has 5 rings (SSSR count). The molecule has 134 valence electrons. The summed E-state index contributed by atoms with van der Waals surface area (Å²) >= 11 is 0. The number of hydrogen-bond donors (Lipinski definition) is 2. The molecule has 1 heterocycles. The Morgan fingerprint density at radius 2 is 2.12 bits per heavy atom. The number of phenolic OH excluding ortho intramolecular Hbond substituents is 1. The van der Waals surface area contributed by atoms with Crippen LogP contribution in [0, 0.1) is 5.92 Å². The monoisotopic (exact) mass is 343 g/mol. The minimum atomic E-state index is -1.03. The fraction of sp³-hybridized carbons (Fsp3) is 0.650. The minimum absolute atomic E-state index is 0.0271. The van der Waals surface area contributed by atoms with E-state index in [9.17, 15) is 15.0 Å². The fourth-order valence-corrected chi connectivity index (χ4v) is 5.62. The van der Waals surface area contributed by atoms with E-state index in [0.29, 0.717) is 18.6 Å². The van der Waals surface area contributed by atoms with Crippen molar-refractivity contribution in [3.05, 3.63) is 23.3 Å². The smallest absolute Gasteiger partial charge is 0.174 e. The van der Waals surface area contributed by atoms with Crippen molar-refractivity contribution in [2.24, 2.45) is 5.92 Å². The summed E-state index contributed by atoms with van der Waals surface area (Å²) in [6.07, 6.45) is 3.34. The molecule has 0 saturated heterocycles. The van der Waals surface area contributed by atoms with Crippen molar-refractivity contribution in [1.82, 2.24) is 4.90 Å². The molecule has 1 aromatic carbocycles. The standard InChI is InChI=1S/C20H25NO4/c1-19-16-12-5-6-13(22)17(16)25-18(19)14(23)7-8-20(19,24)15(9-12)21(2)10-11-3-4-11/h5-6,11,15,18,22,24H,3-4,7-10H2,1-2H3/t15-,18+,19+,20-/m1/s1. The van der Waals surface area contributed by atoms with Gasteiger partial charge in [-0.25, -0.2) is 0 Å². The molecule has 5 heteroatoms. The van der Waals surface area contributed by atoms with Crippen LogP contribution in [0.2, 0.25) is 0 Å². The summed E-state index contributed by atoms with van der Waals surface area (Å²) in [5.41, 5.74) is 0.113. The van der Waals surface area contributed by atoms with Gasteiger partial charge in [0.25, 0.3) is 0 Å². The first-order valence-corrected chi connectivity index (χ1v) is 9.33. The molecule has 2 fully saturated rings. The third-order valence-electron chi connectivity index (χ3n) is 7.19. The van der Waals surface area contributed by atoms with Gasteiger partial charge in [0.15, 0.2) is 23.4 Å². The van der Waals surface area contributed by atoms with Gasteiger partial charge in [-0.2, -0.15) is 0 Å². The number of carbonyl (C=O) groups excluding carboxylic acids is 1. The number of nitrogens with zero attached hydrogens (tertiary/aromatic N) is 1. The highest BCUT2D eigenvalue weighted by Gasteiger charge is 2.69. The number of benzene rings is 1. The van der Waals surface area contributed by atoms with E-state index in [2.05, 4.69) is 11.9 Å². The van der Waals surface area contributed by atoms with Gasteiger partial charge in [-0.15, -0.1) is 0 Å². The molecule has 4 atom stereocenters. The van der Waals surface area contributed by atoms with E-state index in [-0.39, 0.29) is 17.6 Å². The van der Waals surface area contributed by atoms with Crippen molar-refractivity contribution < 1.29 is 19.7 Å². The molecule has 25 heavy (non-hydrogen) atoms. The number of hydrogen-bond acceptors (Lipinski definition) is 5. The number of phenols is 1. The average molecular weight is 343 g/mol. The second-order valence-corrected chi connectivity index (χ2v) is 8.64. The Morgan fingerprint density at radius 1 is 1.36 bits per heavy atom. The maximum atomic E-state index is 12.6. The minimum Gasteiger partial charge on any atom is -0.504 e. The molecule has 2 N–H and O–H groups in total. The lowest BCUT2D eigenvalue weighted by Gasteiger charge is -2.57. The van der Waals surface area contributed by atoms with Crippen molar-refractivity contribution in [1.29, 1.82) is 0 Å². The van der Waals surface area contributed by atoms with E-state index in [4.69, 9.17) is 4.74 Å². The van der Waals surface area contributed by atoms with Crippen molar-refractivity contribution in [3.8, 4) is 11.5 Å². The van der Waals surface area contributed by atoms with Crippen molar-refractivity contribution in [2.45, 2.75) is 62.2 Å². The number of ether oxygens (including phenoxy) is 1. The molecule has 4 aliphatic rings. The van der Waals surface area contributed by atoms with Crippen LogP contribution in [-0.4, -0.2) is 52.2 Å². The Kier molecular flexibility index (Phi) is 2.99. The van der Waals surface area contributed by atoms with Crippen LogP contribution in [0.5, 0.6) is 11.5 Å². The molecule has 0 radical (unpaired) electrons. The van der Waals surface area contributed by atoms with Crippen molar-refractivity contribution >= 4 is 5.78 Å². The van der Waals surface area contributed by atoms with Gasteiger partial charge in [0.1, 0.15) is 0 Å². The van der Waals surface area contributed by atoms with Crippen LogP contribution in [0.1, 0.15) is 43.7 Å². The molecular formula is C20H25NO4. The SMILES string of the molecule is CN(CC1CC1)[C@@H]1Cc2ccc(O)c3c2[C@@]2(C)[C@@H](O3)C(=O)CC[C@@]12O. The van der Waals surface area contributed by atoms with E-state index < -0.39 is 17.1 Å². The zero-order valence-electron chi connectivity index (χ0n) is 14.8. The first-order chi connectivity index (χ1) is 11.9. The highest BCUT2D eigenvalue weighted by atomic mass is 16.5. The summed E-state index contributed by atoms with van der Waals surface area (Å²) in [7, 11) is 2.10. The molecule has 3 aliphatic carbocycles. The molecule has 0 aromatic heterocycles. The third-order valence-corrected chi connectivity index (χ3v) is 7.19. The topological polar surface area (TPSA) is 70.0 Å². The Balaban J connectivity index is 1.68. The molecule has 0 unspecified atom stereocenters. The number of ketones is 1. The zero-order chi connectivity index (χ0) is 17.6. The van der Waals surface area contributed by atoms with Gasteiger partial charge in [-0.3, -0.25) is 9.69 Å². The van der Waals surface area contributed by atoms with Gasteiger partial charge in [0, 0.05) is 24.6 Å². The summed E-state index contributed by atoms with van der Waals surface area (Å²) in [4.78, 5) is 14.9. The van der Waals surface area contributed by atoms with E-state index in [0.717, 1.165) is 30.0 Å². The van der Waals surface area contributed by atoms with Gasteiger partial charge in [0.05, 0.1) is 11.0 Å². The summed E-state index contributed by atoms with van der Waals surface area (Å²) in [5, 5.41) is 22.2. The van der Waals surface area contributed by atoms with Gasteiger partial charge in [-0.05, 0) is 57.2 Å². The molecular weight excluding hydrogens is 318 g/mol. The summed E-state index contributed by atoms with van der Waals surface area (Å²) < 4.78 is 5.96. The van der Waals surface area contributed by atoms with E-state index >= 15 is 0 Å². The molecule has 1 aliphatic heterocycles. The van der Waals surface area contributed by atoms with Crippen LogP contribution in [0.3, 0.4) is 0 Å². The van der Waals surface area contributed by atoms with E-state index in [1.165, 1.54) is 12.8 Å². The largest absolute Gasteiger partial charge is 0.504 e. The second kappa shape index (κ2) is 4.77. The quantitative estimate of drug-likeness (QED) is 0.875. The molecule has 0 spiro atoms. The van der Waals surface area contributed by atoms with Crippen LogP contribution in [0.25, 0.3) is 0 Å². The van der Waals surface area contributed by atoms with Crippen molar-refractivity contribution in [3.63, 3.8) is 0 Å². The van der Waals surface area contributed by atoms with Crippen LogP contribution < -0.4 is 4.74 Å². The Labute approximate surface area is 147 Å². The summed E-state index contributed by atoms with van der Waals surface area (Å²) in [6, 6.07) is 3.55. The van der Waals surface area contributed by atoms with Gasteiger partial charge in [-0.1, -0.05) is 6.07 Å². The highest BCUT2D eigenvalue weighted by Crippen LogP contribution is 2.61. The van der Waals surface area contributed by atoms with Crippen LogP contribution >= 0.6 is 0 Å². The predicted octanol–water partition coefficient (Wildman–Crippen LogP) is 1.77. The highest BCUT2D eigenvalue weighted by molar-refractivity contribution is 5.89. The van der Waals surface area contributed by atoms with Crippen LogP contribution in [-0.2, 0) is 16.6 Å². The van der Waals surface area contributed by atoms with E-state index in [1.807, 2.05) is 13.0 Å². The summed E-state index contributed by atoms with van der Waals surface area (Å²) in [6.45, 7) is 2.95. The molecule has 1 aromatic rings. The number of rotatable bonds is 3. The second-order valence-electron chi connectivity index (χ2n) is 8.64. The van der Waals surface area contributed by atoms with E-state index in [1.54, 1.807) is 6.07 Å². The van der Waals surface area contributed by atoms with Crippen LogP contribution in [0.4, 0.5) is 0 Å². The third kappa shape index (κ3) is 1.83. The number of Topliss-reactive ketones (excluding diaryl/α,β-unsaturated/α-hetero) is 1. The lowest BCUT2D eigenvalue weighted by molar-refractivity contribution is -0.164. The maximum Gasteiger partial charge on any atom is 0.174 e. The first-order valence-electron chi connectivity index (χ1n) is 9.33. The normalized spacial score (nSPS) is 38.6. The lowest BCUT2D eigenvalue weighted by atomic mass is 9.52. The number of carbonyl (C=O) groups is 1. The average Bonchev–Trinajstić information content (AvgIpc) is 3.31. The molecule has 0 amide bonds. The Bertz CT molecular complexity index is 773. The summed E-state index contributed by atoms with van der Waals surface area (Å²) in [5.74, 6) is 1.23. The number of likely N-dealkylation sites (N-methyl/N-ethyl adjacent to an activating group) is 1. The zero-order valence-corrected chi connectivity index (χ0v) is 14.8.